The van der Waals surface area contributed by atoms with Crippen LogP contribution in [0.5, 0.6) is 0 Å². The molecular weight excluding hydrogens is 257 g/mol. The molecule has 0 aliphatic heterocycles. The molecule has 0 radical (unpaired) electrons. The molecule has 0 aliphatic carbocycles. The van der Waals surface area contributed by atoms with Gasteiger partial charge in [0.15, 0.2) is 6.54 Å². The van der Waals surface area contributed by atoms with Crippen LogP contribution in [0, 0.1) is 5.82 Å². The van der Waals surface area contributed by atoms with E-state index in [1.807, 2.05) is 21.1 Å². The minimum Gasteiger partial charge on any atom is -1.00 e. The number of carbonyl (C=O) groups is 1. The third-order valence-corrected chi connectivity index (χ3v) is 1.92. The first kappa shape index (κ1) is 16.5. The Labute approximate surface area is 112 Å². The van der Waals surface area contributed by atoms with Crippen molar-refractivity contribution < 1.29 is 26.1 Å². The maximum Gasteiger partial charge on any atom is 0.295 e. The number of quaternary nitrogens is 1. The highest BCUT2D eigenvalue weighted by atomic mass is 35.5. The number of benzene rings is 1. The fourth-order valence-electron chi connectivity index (χ4n) is 1.22. The summed E-state index contributed by atoms with van der Waals surface area (Å²) in [5.74, 6) is -0.567. The summed E-state index contributed by atoms with van der Waals surface area (Å²) in [7, 11) is 5.71. The Hall–Kier alpha value is -1.46. The maximum atomic E-state index is 13.2. The molecule has 18 heavy (non-hydrogen) atoms. The second-order valence-electron chi connectivity index (χ2n) is 4.76. The highest BCUT2D eigenvalue weighted by Gasteiger charge is 2.12. The molecule has 1 aromatic carbocycles. The van der Waals surface area contributed by atoms with Crippen molar-refractivity contribution in [2.24, 2.45) is 5.10 Å². The van der Waals surface area contributed by atoms with Gasteiger partial charge in [-0.3, -0.25) is 4.79 Å². The van der Waals surface area contributed by atoms with E-state index in [4.69, 9.17) is 0 Å². The van der Waals surface area contributed by atoms with Crippen LogP contribution in [0.3, 0.4) is 0 Å². The van der Waals surface area contributed by atoms with E-state index >= 15 is 0 Å². The van der Waals surface area contributed by atoms with Gasteiger partial charge in [-0.05, 0) is 6.07 Å². The molecule has 0 saturated carbocycles. The van der Waals surface area contributed by atoms with E-state index in [1.54, 1.807) is 18.2 Å². The smallest absolute Gasteiger partial charge is 0.295 e. The molecule has 6 heteroatoms. The molecule has 100 valence electrons. The van der Waals surface area contributed by atoms with Gasteiger partial charge in [-0.25, -0.2) is 9.82 Å². The topological polar surface area (TPSA) is 41.5 Å². The second-order valence-corrected chi connectivity index (χ2v) is 4.76. The fourth-order valence-corrected chi connectivity index (χ4v) is 1.22. The highest BCUT2D eigenvalue weighted by Crippen LogP contribution is 2.02. The first-order valence-corrected chi connectivity index (χ1v) is 5.25. The Kier molecular flexibility index (Phi) is 6.51. The summed E-state index contributed by atoms with van der Waals surface area (Å²) < 4.78 is 13.7. The highest BCUT2D eigenvalue weighted by molar-refractivity contribution is 5.82. The molecule has 1 N–H and O–H groups in total. The zero-order valence-electron chi connectivity index (χ0n) is 10.7. The van der Waals surface area contributed by atoms with Crippen molar-refractivity contribution in [3.63, 3.8) is 0 Å². The Morgan fingerprint density at radius 1 is 1.39 bits per heavy atom. The quantitative estimate of drug-likeness (QED) is 0.384. The van der Waals surface area contributed by atoms with Crippen LogP contribution in [0.25, 0.3) is 0 Å². The summed E-state index contributed by atoms with van der Waals surface area (Å²) in [5, 5.41) is 3.71. The van der Waals surface area contributed by atoms with Crippen molar-refractivity contribution >= 4 is 12.1 Å². The van der Waals surface area contributed by atoms with Gasteiger partial charge >= 0.3 is 0 Å². The van der Waals surface area contributed by atoms with Gasteiger partial charge in [0.1, 0.15) is 5.82 Å². The first-order valence-electron chi connectivity index (χ1n) is 5.25. The van der Waals surface area contributed by atoms with E-state index in [9.17, 15) is 9.18 Å². The van der Waals surface area contributed by atoms with E-state index in [0.29, 0.717) is 16.6 Å². The average Bonchev–Trinajstić information content (AvgIpc) is 2.18. The predicted molar refractivity (Wildman–Crippen MR) is 65.0 cm³/mol. The Bertz CT molecular complexity index is 430. The predicted octanol–water partition coefficient (Wildman–Crippen LogP) is -2.01. The van der Waals surface area contributed by atoms with Gasteiger partial charge in [0.2, 0.25) is 0 Å². The molecular formula is C12H17ClFN3O. The van der Waals surface area contributed by atoms with Gasteiger partial charge in [0.05, 0.1) is 27.4 Å². The van der Waals surface area contributed by atoms with Crippen LogP contribution in [-0.2, 0) is 4.79 Å². The normalized spacial score (nSPS) is 11.1. The van der Waals surface area contributed by atoms with Crippen LogP contribution in [-0.4, -0.2) is 44.3 Å². The fraction of sp³-hybridized carbons (Fsp3) is 0.333. The minimum absolute atomic E-state index is 0. The van der Waals surface area contributed by atoms with Crippen LogP contribution >= 0.6 is 0 Å². The summed E-state index contributed by atoms with van der Waals surface area (Å²) >= 11 is 0. The lowest BCUT2D eigenvalue weighted by Crippen LogP contribution is -3.00. The number of amides is 1. The number of nitrogens with one attached hydrogen (secondary N) is 1. The van der Waals surface area contributed by atoms with Gasteiger partial charge in [0.25, 0.3) is 5.91 Å². The zero-order valence-corrected chi connectivity index (χ0v) is 11.4. The van der Waals surface area contributed by atoms with Gasteiger partial charge < -0.3 is 16.9 Å². The number of likely N-dealkylation sites (N-methyl/N-ethyl adjacent to an activating group) is 1. The number of carbonyl (C=O) groups excluding carboxylic acids is 1. The third-order valence-electron chi connectivity index (χ3n) is 1.92. The number of hydrazone groups is 1. The molecule has 1 rings (SSSR count). The lowest BCUT2D eigenvalue weighted by Gasteiger charge is -2.21. The molecule has 0 spiro atoms. The third kappa shape index (κ3) is 6.32. The van der Waals surface area contributed by atoms with Crippen molar-refractivity contribution in [3.8, 4) is 0 Å². The van der Waals surface area contributed by atoms with Crippen LogP contribution in [0.4, 0.5) is 4.39 Å². The van der Waals surface area contributed by atoms with Crippen molar-refractivity contribution in [1.29, 1.82) is 0 Å². The van der Waals surface area contributed by atoms with Gasteiger partial charge in [-0.1, -0.05) is 18.2 Å². The SMILES string of the molecule is C[N+](C)(C)CC(=O)N/N=C/c1ccccc1F.[Cl-]. The van der Waals surface area contributed by atoms with E-state index < -0.39 is 0 Å². The largest absolute Gasteiger partial charge is 1.00 e. The molecule has 0 aliphatic rings. The molecule has 0 heterocycles. The van der Waals surface area contributed by atoms with Crippen molar-refractivity contribution in [2.45, 2.75) is 0 Å². The Morgan fingerprint density at radius 3 is 2.56 bits per heavy atom. The Morgan fingerprint density at radius 2 is 2.00 bits per heavy atom. The summed E-state index contributed by atoms with van der Waals surface area (Å²) in [4.78, 5) is 11.4. The van der Waals surface area contributed by atoms with Crippen LogP contribution in [0.15, 0.2) is 29.4 Å². The number of nitrogens with zero attached hydrogens (tertiary/aromatic N) is 2. The van der Waals surface area contributed by atoms with Gasteiger partial charge in [-0.2, -0.15) is 5.10 Å². The van der Waals surface area contributed by atoms with E-state index in [-0.39, 0.29) is 24.1 Å². The molecule has 0 fully saturated rings. The number of hydrogen-bond acceptors (Lipinski definition) is 2. The molecule has 0 bridgehead atoms. The maximum absolute atomic E-state index is 13.2. The number of rotatable bonds is 4. The average molecular weight is 274 g/mol. The molecule has 1 aromatic rings. The van der Waals surface area contributed by atoms with E-state index in [1.165, 1.54) is 12.3 Å². The lowest BCUT2D eigenvalue weighted by atomic mass is 10.2. The number of hydrogen-bond donors (Lipinski definition) is 1. The van der Waals surface area contributed by atoms with Gasteiger partial charge in [-0.15, -0.1) is 0 Å². The van der Waals surface area contributed by atoms with E-state index in [2.05, 4.69) is 10.5 Å². The second kappa shape index (κ2) is 7.08. The summed E-state index contributed by atoms with van der Waals surface area (Å²) in [5.41, 5.74) is 2.71. The van der Waals surface area contributed by atoms with Crippen LogP contribution in [0.1, 0.15) is 5.56 Å². The summed E-state index contributed by atoms with van der Waals surface area (Å²) in [6.07, 6.45) is 1.29. The van der Waals surface area contributed by atoms with Crippen molar-refractivity contribution in [1.82, 2.24) is 5.43 Å². The van der Waals surface area contributed by atoms with Crippen LogP contribution in [0.2, 0.25) is 0 Å². The van der Waals surface area contributed by atoms with Gasteiger partial charge in [0, 0.05) is 5.56 Å². The summed E-state index contributed by atoms with van der Waals surface area (Å²) in [6, 6.07) is 6.24. The minimum atomic E-state index is -0.364. The van der Waals surface area contributed by atoms with Crippen molar-refractivity contribution in [3.05, 3.63) is 35.6 Å². The summed E-state index contributed by atoms with van der Waals surface area (Å²) in [6.45, 7) is 0.314. The molecule has 0 aromatic heterocycles. The molecule has 0 saturated heterocycles. The molecule has 1 amide bonds. The Balaban J connectivity index is 0.00000289. The first-order chi connectivity index (χ1) is 7.88. The molecule has 0 unspecified atom stereocenters. The molecule has 0 atom stereocenters. The van der Waals surface area contributed by atoms with Crippen molar-refractivity contribution in [2.75, 3.05) is 27.7 Å². The van der Waals surface area contributed by atoms with Crippen LogP contribution < -0.4 is 17.8 Å². The lowest BCUT2D eigenvalue weighted by molar-refractivity contribution is -0.862. The monoisotopic (exact) mass is 273 g/mol. The van der Waals surface area contributed by atoms with E-state index in [0.717, 1.165) is 0 Å². The standard InChI is InChI=1S/C12H16FN3O.ClH/c1-16(2,3)9-12(17)15-14-8-10-6-4-5-7-11(10)13;/h4-8H,9H2,1-3H3;1H/b14-8+;. The molecule has 4 nitrogen and oxygen atoms in total. The number of halogens is 2. The zero-order chi connectivity index (χ0) is 12.9.